The molecule has 1 aromatic carbocycles. The van der Waals surface area contributed by atoms with Crippen LogP contribution in [0.2, 0.25) is 0 Å². The van der Waals surface area contributed by atoms with Crippen molar-refractivity contribution in [3.05, 3.63) is 35.4 Å². The second-order valence-electron chi connectivity index (χ2n) is 2.43. The highest BCUT2D eigenvalue weighted by Gasteiger charge is 2.11. The van der Waals surface area contributed by atoms with Crippen molar-refractivity contribution >= 4 is 0 Å². The Morgan fingerprint density at radius 2 is 2.15 bits per heavy atom. The quantitative estimate of drug-likeness (QED) is 0.408. The van der Waals surface area contributed by atoms with E-state index in [2.05, 4.69) is 11.3 Å². The molecule has 0 aliphatic rings. The maximum Gasteiger partial charge on any atom is 0.129 e. The van der Waals surface area contributed by atoms with Crippen LogP contribution in [-0.4, -0.2) is 0 Å². The van der Waals surface area contributed by atoms with Gasteiger partial charge in [0.15, 0.2) is 0 Å². The monoisotopic (exact) mass is 182 g/mol. The summed E-state index contributed by atoms with van der Waals surface area (Å²) in [7, 11) is 0. The first-order valence-corrected chi connectivity index (χ1v) is 3.56. The fourth-order valence-electron chi connectivity index (χ4n) is 0.964. The van der Waals surface area contributed by atoms with Gasteiger partial charge in [-0.15, -0.1) is 6.42 Å². The van der Waals surface area contributed by atoms with Crippen LogP contribution in [0, 0.1) is 24.0 Å². The van der Waals surface area contributed by atoms with Crippen LogP contribution < -0.4 is 11.3 Å². The summed E-state index contributed by atoms with van der Waals surface area (Å²) in [4.78, 5) is 0. The molecule has 0 heterocycles. The van der Waals surface area contributed by atoms with E-state index in [1.807, 2.05) is 0 Å². The lowest BCUT2D eigenvalue weighted by Gasteiger charge is -2.09. The van der Waals surface area contributed by atoms with E-state index in [-0.39, 0.29) is 5.56 Å². The minimum absolute atomic E-state index is 0.0324. The Morgan fingerprint density at radius 3 is 2.69 bits per heavy atom. The van der Waals surface area contributed by atoms with E-state index in [4.69, 9.17) is 12.3 Å². The third-order valence-corrected chi connectivity index (χ3v) is 1.60. The second kappa shape index (κ2) is 3.99. The first-order valence-electron chi connectivity index (χ1n) is 3.56. The Bertz CT molecular complexity index is 344. The van der Waals surface area contributed by atoms with Crippen LogP contribution in [0.4, 0.5) is 8.78 Å². The normalized spacial score (nSPS) is 12.2. The second-order valence-corrected chi connectivity index (χ2v) is 2.43. The maximum atomic E-state index is 13.0. The van der Waals surface area contributed by atoms with Crippen molar-refractivity contribution in [2.45, 2.75) is 6.04 Å². The minimum atomic E-state index is -0.810. The number of nitrogens with two attached hydrogens (primary N) is 1. The molecule has 68 valence electrons. The van der Waals surface area contributed by atoms with Gasteiger partial charge in [-0.3, -0.25) is 5.84 Å². The number of hydrogen-bond acceptors (Lipinski definition) is 2. The van der Waals surface area contributed by atoms with E-state index in [0.717, 1.165) is 18.2 Å². The van der Waals surface area contributed by atoms with E-state index in [1.54, 1.807) is 0 Å². The Labute approximate surface area is 74.7 Å². The molecule has 0 aliphatic carbocycles. The fourth-order valence-corrected chi connectivity index (χ4v) is 0.964. The van der Waals surface area contributed by atoms with Gasteiger partial charge in [0.2, 0.25) is 0 Å². The van der Waals surface area contributed by atoms with Gasteiger partial charge in [-0.1, -0.05) is 5.92 Å². The molecular weight excluding hydrogens is 174 g/mol. The number of halogens is 2. The SMILES string of the molecule is C#CC(NN)c1cc(F)ccc1F. The molecule has 0 radical (unpaired) electrons. The molecule has 1 aromatic rings. The third kappa shape index (κ3) is 2.02. The summed E-state index contributed by atoms with van der Waals surface area (Å²) in [6.45, 7) is 0. The van der Waals surface area contributed by atoms with Gasteiger partial charge in [0.05, 0.1) is 0 Å². The van der Waals surface area contributed by atoms with Crippen molar-refractivity contribution in [1.82, 2.24) is 5.43 Å². The summed E-state index contributed by atoms with van der Waals surface area (Å²) in [5.74, 6) is 6.12. The van der Waals surface area contributed by atoms with Crippen molar-refractivity contribution in [2.24, 2.45) is 5.84 Å². The van der Waals surface area contributed by atoms with E-state index >= 15 is 0 Å². The summed E-state index contributed by atoms with van der Waals surface area (Å²) in [6, 6.07) is 2.23. The number of hydrazine groups is 1. The lowest BCUT2D eigenvalue weighted by atomic mass is 10.1. The highest BCUT2D eigenvalue weighted by molar-refractivity contribution is 5.27. The van der Waals surface area contributed by atoms with Gasteiger partial charge >= 0.3 is 0 Å². The predicted molar refractivity (Wildman–Crippen MR) is 45.3 cm³/mol. The van der Waals surface area contributed by atoms with Crippen LogP contribution in [-0.2, 0) is 0 Å². The van der Waals surface area contributed by atoms with E-state index in [1.165, 1.54) is 0 Å². The molecule has 0 spiro atoms. The fraction of sp³-hybridized carbons (Fsp3) is 0.111. The van der Waals surface area contributed by atoms with Crippen LogP contribution >= 0.6 is 0 Å². The molecule has 0 fully saturated rings. The summed E-state index contributed by atoms with van der Waals surface area (Å²) in [5.41, 5.74) is 2.23. The first kappa shape index (κ1) is 9.65. The van der Waals surface area contributed by atoms with Crippen LogP contribution in [0.5, 0.6) is 0 Å². The van der Waals surface area contributed by atoms with E-state index in [0.29, 0.717) is 0 Å². The highest BCUT2D eigenvalue weighted by atomic mass is 19.1. The van der Waals surface area contributed by atoms with Crippen molar-refractivity contribution in [1.29, 1.82) is 0 Å². The number of benzene rings is 1. The van der Waals surface area contributed by atoms with Crippen LogP contribution in [0.15, 0.2) is 18.2 Å². The lowest BCUT2D eigenvalue weighted by Crippen LogP contribution is -2.27. The van der Waals surface area contributed by atoms with Gasteiger partial charge in [-0.05, 0) is 18.2 Å². The number of nitrogens with one attached hydrogen (secondary N) is 1. The zero-order valence-corrected chi connectivity index (χ0v) is 6.72. The van der Waals surface area contributed by atoms with Gasteiger partial charge in [0.25, 0.3) is 0 Å². The Morgan fingerprint density at radius 1 is 1.46 bits per heavy atom. The van der Waals surface area contributed by atoms with E-state index < -0.39 is 17.7 Å². The largest absolute Gasteiger partial charge is 0.270 e. The van der Waals surface area contributed by atoms with Gasteiger partial charge < -0.3 is 0 Å². The van der Waals surface area contributed by atoms with Crippen molar-refractivity contribution in [3.8, 4) is 12.3 Å². The molecule has 0 amide bonds. The summed E-state index contributed by atoms with van der Waals surface area (Å²) in [6.07, 6.45) is 5.05. The lowest BCUT2D eigenvalue weighted by molar-refractivity contribution is 0.557. The molecule has 0 aromatic heterocycles. The molecule has 0 aliphatic heterocycles. The summed E-state index contributed by atoms with van der Waals surface area (Å²) >= 11 is 0. The first-order chi connectivity index (χ1) is 6.19. The molecule has 2 nitrogen and oxygen atoms in total. The molecule has 3 N–H and O–H groups in total. The average Bonchev–Trinajstić information content (AvgIpc) is 2.13. The molecule has 0 bridgehead atoms. The Hall–Kier alpha value is -1.44. The number of hydrogen-bond donors (Lipinski definition) is 2. The standard InChI is InChI=1S/C9H8F2N2/c1-2-9(13-12)7-5-6(10)3-4-8(7)11/h1,3-5,9,13H,12H2. The average molecular weight is 182 g/mol. The molecule has 1 unspecified atom stereocenters. The van der Waals surface area contributed by atoms with Crippen LogP contribution in [0.1, 0.15) is 11.6 Å². The highest BCUT2D eigenvalue weighted by Crippen LogP contribution is 2.16. The molecule has 0 saturated carbocycles. The van der Waals surface area contributed by atoms with Gasteiger partial charge in [0, 0.05) is 5.56 Å². The van der Waals surface area contributed by atoms with Crippen molar-refractivity contribution in [3.63, 3.8) is 0 Å². The van der Waals surface area contributed by atoms with Gasteiger partial charge in [0.1, 0.15) is 17.7 Å². The van der Waals surface area contributed by atoms with Crippen LogP contribution in [0.25, 0.3) is 0 Å². The zero-order chi connectivity index (χ0) is 9.84. The molecular formula is C9H8F2N2. The Balaban J connectivity index is 3.13. The minimum Gasteiger partial charge on any atom is -0.270 e. The Kier molecular flexibility index (Phi) is 2.96. The van der Waals surface area contributed by atoms with E-state index in [9.17, 15) is 8.78 Å². The smallest absolute Gasteiger partial charge is 0.129 e. The van der Waals surface area contributed by atoms with Gasteiger partial charge in [-0.2, -0.15) is 0 Å². The number of rotatable bonds is 2. The topological polar surface area (TPSA) is 38.0 Å². The molecule has 0 saturated heterocycles. The predicted octanol–water partition coefficient (Wildman–Crippen LogP) is 1.10. The van der Waals surface area contributed by atoms with Crippen molar-refractivity contribution < 1.29 is 8.78 Å². The van der Waals surface area contributed by atoms with Crippen LogP contribution in [0.3, 0.4) is 0 Å². The molecule has 4 heteroatoms. The number of terminal acetylenes is 1. The maximum absolute atomic E-state index is 13.0. The summed E-state index contributed by atoms with van der Waals surface area (Å²) < 4.78 is 25.7. The molecule has 13 heavy (non-hydrogen) atoms. The summed E-state index contributed by atoms with van der Waals surface area (Å²) in [5, 5.41) is 0. The van der Waals surface area contributed by atoms with Crippen molar-refractivity contribution in [2.75, 3.05) is 0 Å². The molecule has 1 rings (SSSR count). The third-order valence-electron chi connectivity index (χ3n) is 1.60. The molecule has 1 atom stereocenters. The zero-order valence-electron chi connectivity index (χ0n) is 6.72. The van der Waals surface area contributed by atoms with Gasteiger partial charge in [-0.25, -0.2) is 14.2 Å².